The predicted octanol–water partition coefficient (Wildman–Crippen LogP) is 0.348. The molecule has 1 fully saturated rings. The number of hydrogen-bond acceptors (Lipinski definition) is 5. The van der Waals surface area contributed by atoms with Gasteiger partial charge in [-0.2, -0.15) is 4.98 Å². The van der Waals surface area contributed by atoms with E-state index < -0.39 is 0 Å². The Morgan fingerprint density at radius 1 is 1.31 bits per heavy atom. The lowest BCUT2D eigenvalue weighted by molar-refractivity contribution is 0.0835. The van der Waals surface area contributed by atoms with Crippen LogP contribution in [0, 0.1) is 0 Å². The molecule has 0 amide bonds. The van der Waals surface area contributed by atoms with E-state index in [1.807, 2.05) is 0 Å². The van der Waals surface area contributed by atoms with E-state index in [0.717, 1.165) is 31.9 Å². The molecule has 5 heteroatoms. The predicted molar refractivity (Wildman–Crippen MR) is 47.0 cm³/mol. The molecule has 2 heterocycles. The highest BCUT2D eigenvalue weighted by Gasteiger charge is 2.18. The second kappa shape index (κ2) is 3.66. The van der Waals surface area contributed by atoms with E-state index in [0.29, 0.717) is 11.9 Å². The van der Waals surface area contributed by atoms with Crippen molar-refractivity contribution in [2.75, 3.05) is 18.9 Å². The molecule has 1 saturated heterocycles. The summed E-state index contributed by atoms with van der Waals surface area (Å²) in [7, 11) is 0. The van der Waals surface area contributed by atoms with E-state index in [-0.39, 0.29) is 0 Å². The van der Waals surface area contributed by atoms with E-state index >= 15 is 0 Å². The average molecular weight is 180 g/mol. The van der Waals surface area contributed by atoms with Gasteiger partial charge in [-0.3, -0.25) is 0 Å². The SMILES string of the molecule is Nc1ncnc(C2CCOCC2)n1. The molecule has 0 radical (unpaired) electrons. The molecule has 0 unspecified atom stereocenters. The van der Waals surface area contributed by atoms with Gasteiger partial charge in [0.25, 0.3) is 0 Å². The maximum Gasteiger partial charge on any atom is 0.223 e. The second-order valence-electron chi connectivity index (χ2n) is 3.09. The van der Waals surface area contributed by atoms with Crippen LogP contribution < -0.4 is 5.73 Å². The lowest BCUT2D eigenvalue weighted by atomic mass is 10.00. The highest BCUT2D eigenvalue weighted by molar-refractivity contribution is 5.14. The topological polar surface area (TPSA) is 73.9 Å². The van der Waals surface area contributed by atoms with Crippen molar-refractivity contribution in [2.45, 2.75) is 18.8 Å². The Hall–Kier alpha value is -1.23. The highest BCUT2D eigenvalue weighted by atomic mass is 16.5. The molecule has 0 saturated carbocycles. The van der Waals surface area contributed by atoms with Gasteiger partial charge in [-0.25, -0.2) is 9.97 Å². The van der Waals surface area contributed by atoms with Crippen LogP contribution in [0.4, 0.5) is 5.95 Å². The molecule has 1 aliphatic rings. The van der Waals surface area contributed by atoms with E-state index in [1.165, 1.54) is 6.33 Å². The van der Waals surface area contributed by atoms with Crippen molar-refractivity contribution in [3.8, 4) is 0 Å². The van der Waals surface area contributed by atoms with Crippen LogP contribution in [-0.2, 0) is 4.74 Å². The molecule has 0 atom stereocenters. The Kier molecular flexibility index (Phi) is 2.35. The lowest BCUT2D eigenvalue weighted by Gasteiger charge is -2.20. The number of aromatic nitrogens is 3. The van der Waals surface area contributed by atoms with Crippen LogP contribution in [0.15, 0.2) is 6.33 Å². The third-order valence-electron chi connectivity index (χ3n) is 2.20. The zero-order chi connectivity index (χ0) is 9.10. The molecule has 0 aliphatic carbocycles. The fraction of sp³-hybridized carbons (Fsp3) is 0.625. The van der Waals surface area contributed by atoms with Gasteiger partial charge in [-0.15, -0.1) is 0 Å². The Morgan fingerprint density at radius 3 is 2.77 bits per heavy atom. The molecule has 1 aliphatic heterocycles. The van der Waals surface area contributed by atoms with Crippen molar-refractivity contribution in [1.29, 1.82) is 0 Å². The largest absolute Gasteiger partial charge is 0.381 e. The van der Waals surface area contributed by atoms with Crippen molar-refractivity contribution in [2.24, 2.45) is 0 Å². The minimum absolute atomic E-state index is 0.302. The summed E-state index contributed by atoms with van der Waals surface area (Å²) in [5, 5.41) is 0. The first-order valence-corrected chi connectivity index (χ1v) is 4.38. The number of anilines is 1. The summed E-state index contributed by atoms with van der Waals surface area (Å²) in [5.74, 6) is 1.49. The number of hydrogen-bond donors (Lipinski definition) is 1. The van der Waals surface area contributed by atoms with E-state index in [2.05, 4.69) is 15.0 Å². The summed E-state index contributed by atoms with van der Waals surface area (Å²) in [4.78, 5) is 12.0. The lowest BCUT2D eigenvalue weighted by Crippen LogP contribution is -2.17. The Balaban J connectivity index is 2.14. The van der Waals surface area contributed by atoms with Gasteiger partial charge in [0.15, 0.2) is 0 Å². The molecule has 5 nitrogen and oxygen atoms in total. The fourth-order valence-electron chi connectivity index (χ4n) is 1.47. The summed E-state index contributed by atoms with van der Waals surface area (Å²) in [6.07, 6.45) is 3.42. The average Bonchev–Trinajstić information content (AvgIpc) is 2.19. The van der Waals surface area contributed by atoms with Gasteiger partial charge in [0.2, 0.25) is 5.95 Å². The monoisotopic (exact) mass is 180 g/mol. The summed E-state index contributed by atoms with van der Waals surface area (Å²) >= 11 is 0. The molecule has 0 bridgehead atoms. The van der Waals surface area contributed by atoms with E-state index in [4.69, 9.17) is 10.5 Å². The van der Waals surface area contributed by atoms with Gasteiger partial charge in [-0.05, 0) is 12.8 Å². The molecular weight excluding hydrogens is 168 g/mol. The van der Waals surface area contributed by atoms with Crippen molar-refractivity contribution < 1.29 is 4.74 Å². The van der Waals surface area contributed by atoms with Crippen LogP contribution in [0.5, 0.6) is 0 Å². The van der Waals surface area contributed by atoms with Crippen molar-refractivity contribution in [3.05, 3.63) is 12.2 Å². The van der Waals surface area contributed by atoms with Crippen LogP contribution in [-0.4, -0.2) is 28.2 Å². The Labute approximate surface area is 76.4 Å². The first-order valence-electron chi connectivity index (χ1n) is 4.38. The van der Waals surface area contributed by atoms with Crippen LogP contribution in [0.25, 0.3) is 0 Å². The summed E-state index contributed by atoms with van der Waals surface area (Å²) in [6, 6.07) is 0. The van der Waals surface area contributed by atoms with Crippen LogP contribution in [0.3, 0.4) is 0 Å². The zero-order valence-electron chi connectivity index (χ0n) is 7.31. The normalized spacial score (nSPS) is 18.8. The quantitative estimate of drug-likeness (QED) is 0.675. The standard InChI is InChI=1S/C8H12N4O/c9-8-11-5-10-7(12-8)6-1-3-13-4-2-6/h5-6H,1-4H2,(H2,9,10,11,12). The third kappa shape index (κ3) is 1.92. The Bertz CT molecular complexity index is 285. The van der Waals surface area contributed by atoms with Crippen molar-refractivity contribution in [1.82, 2.24) is 15.0 Å². The fourth-order valence-corrected chi connectivity index (χ4v) is 1.47. The summed E-state index contributed by atoms with van der Waals surface area (Å²) in [6.45, 7) is 1.58. The van der Waals surface area contributed by atoms with Crippen LogP contribution in [0.1, 0.15) is 24.6 Å². The third-order valence-corrected chi connectivity index (χ3v) is 2.20. The van der Waals surface area contributed by atoms with Gasteiger partial charge in [-0.1, -0.05) is 0 Å². The number of rotatable bonds is 1. The van der Waals surface area contributed by atoms with Crippen molar-refractivity contribution in [3.63, 3.8) is 0 Å². The maximum atomic E-state index is 5.47. The van der Waals surface area contributed by atoms with Crippen molar-refractivity contribution >= 4 is 5.95 Å². The summed E-state index contributed by atoms with van der Waals surface area (Å²) < 4.78 is 5.25. The van der Waals surface area contributed by atoms with E-state index in [1.54, 1.807) is 0 Å². The van der Waals surface area contributed by atoms with Gasteiger partial charge >= 0.3 is 0 Å². The van der Waals surface area contributed by atoms with Gasteiger partial charge in [0.05, 0.1) is 0 Å². The molecule has 1 aromatic rings. The number of ether oxygens (including phenoxy) is 1. The molecule has 70 valence electrons. The summed E-state index contributed by atoms with van der Waals surface area (Å²) in [5.41, 5.74) is 5.47. The minimum atomic E-state index is 0.302. The first kappa shape index (κ1) is 8.37. The second-order valence-corrected chi connectivity index (χ2v) is 3.09. The molecule has 1 aromatic heterocycles. The highest BCUT2D eigenvalue weighted by Crippen LogP contribution is 2.23. The number of nitrogens with two attached hydrogens (primary N) is 1. The first-order chi connectivity index (χ1) is 6.36. The van der Waals surface area contributed by atoms with Gasteiger partial charge in [0, 0.05) is 19.1 Å². The zero-order valence-corrected chi connectivity index (χ0v) is 7.31. The number of nitrogens with zero attached hydrogens (tertiary/aromatic N) is 3. The minimum Gasteiger partial charge on any atom is -0.381 e. The molecule has 2 rings (SSSR count). The Morgan fingerprint density at radius 2 is 2.08 bits per heavy atom. The van der Waals surface area contributed by atoms with Crippen LogP contribution >= 0.6 is 0 Å². The van der Waals surface area contributed by atoms with E-state index in [9.17, 15) is 0 Å². The molecule has 0 aromatic carbocycles. The van der Waals surface area contributed by atoms with Crippen LogP contribution in [0.2, 0.25) is 0 Å². The molecule has 2 N–H and O–H groups in total. The molecule has 13 heavy (non-hydrogen) atoms. The number of nitrogen functional groups attached to an aromatic ring is 1. The smallest absolute Gasteiger partial charge is 0.223 e. The molecular formula is C8H12N4O. The maximum absolute atomic E-state index is 5.47. The van der Waals surface area contributed by atoms with Gasteiger partial charge < -0.3 is 10.5 Å². The van der Waals surface area contributed by atoms with Gasteiger partial charge in [0.1, 0.15) is 12.2 Å². The molecule has 0 spiro atoms.